The third kappa shape index (κ3) is 2.75. The number of Topliss-reactive ketones (excluding diaryl/α,β-unsaturated/α-hetero) is 1. The molecule has 0 aromatic heterocycles. The first-order valence-electron chi connectivity index (χ1n) is 13.7. The Kier molecular flexibility index (Phi) is 5.04. The van der Waals surface area contributed by atoms with Gasteiger partial charge in [-0.25, -0.2) is 0 Å². The normalized spacial score (nSPS) is 54.1. The van der Waals surface area contributed by atoms with Crippen molar-refractivity contribution < 1.29 is 19.8 Å². The average Bonchev–Trinajstić information content (AvgIpc) is 2.73. The Labute approximate surface area is 206 Å². The maximum atomic E-state index is 12.9. The number of aliphatic hydroxyl groups excluding tert-OH is 1. The molecular weight excluding hydrogens is 424 g/mol. The van der Waals surface area contributed by atoms with Gasteiger partial charge in [0.15, 0.2) is 0 Å². The van der Waals surface area contributed by atoms with Crippen LogP contribution in [-0.4, -0.2) is 28.1 Å². The molecule has 0 amide bonds. The standard InChI is InChI=1S/C30H46O4/c1-25(2)20-10-13-30(7)21(28(20,5)12-11-22(25)31)9-8-18-19-16-26(3,24(33)34)17-23(32)27(19,4)14-15-29(18,30)6/h8,19-21,23,32H,9-17H2,1-7H3,(H,33,34)/t19-,20?,21-,23?,26?,27-,28+,29-,30-/m0/s1. The zero-order valence-corrected chi connectivity index (χ0v) is 22.5. The lowest BCUT2D eigenvalue weighted by Crippen LogP contribution is -2.65. The van der Waals surface area contributed by atoms with E-state index in [4.69, 9.17) is 0 Å². The van der Waals surface area contributed by atoms with Gasteiger partial charge in [-0.05, 0) is 92.3 Å². The van der Waals surface area contributed by atoms with Crippen LogP contribution < -0.4 is 0 Å². The summed E-state index contributed by atoms with van der Waals surface area (Å²) in [4.78, 5) is 25.2. The lowest BCUT2D eigenvalue weighted by Gasteiger charge is -2.71. The third-order valence-corrected chi connectivity index (χ3v) is 13.2. The summed E-state index contributed by atoms with van der Waals surface area (Å²) in [5.74, 6) is 0.740. The number of hydrogen-bond donors (Lipinski definition) is 2. The average molecular weight is 471 g/mol. The van der Waals surface area contributed by atoms with Crippen molar-refractivity contribution >= 4 is 11.8 Å². The Bertz CT molecular complexity index is 965. The summed E-state index contributed by atoms with van der Waals surface area (Å²) in [7, 11) is 0. The number of aliphatic carboxylic acids is 1. The molecule has 4 heteroatoms. The monoisotopic (exact) mass is 470 g/mol. The zero-order valence-electron chi connectivity index (χ0n) is 22.5. The first-order valence-corrected chi connectivity index (χ1v) is 13.7. The van der Waals surface area contributed by atoms with Gasteiger partial charge in [0.1, 0.15) is 5.78 Å². The van der Waals surface area contributed by atoms with E-state index in [1.807, 2.05) is 6.92 Å². The highest BCUT2D eigenvalue weighted by Gasteiger charge is 2.69. The second kappa shape index (κ2) is 6.99. The van der Waals surface area contributed by atoms with Crippen LogP contribution in [0.5, 0.6) is 0 Å². The maximum absolute atomic E-state index is 12.9. The summed E-state index contributed by atoms with van der Waals surface area (Å²) in [5, 5.41) is 21.3. The van der Waals surface area contributed by atoms with E-state index < -0.39 is 17.5 Å². The highest BCUT2D eigenvalue weighted by atomic mass is 16.4. The molecular formula is C30H46O4. The summed E-state index contributed by atoms with van der Waals surface area (Å²) in [6.07, 6.45) is 9.84. The number of fused-ring (bicyclic) bond motifs is 7. The molecule has 190 valence electrons. The van der Waals surface area contributed by atoms with Crippen molar-refractivity contribution in [2.45, 2.75) is 112 Å². The van der Waals surface area contributed by atoms with Gasteiger partial charge < -0.3 is 10.2 Å². The largest absolute Gasteiger partial charge is 0.481 e. The predicted octanol–water partition coefficient (Wildman–Crippen LogP) is 6.41. The molecule has 0 heterocycles. The highest BCUT2D eigenvalue weighted by Crippen LogP contribution is 2.75. The fourth-order valence-electron chi connectivity index (χ4n) is 10.5. The maximum Gasteiger partial charge on any atom is 0.309 e. The fraction of sp³-hybridized carbons (Fsp3) is 0.867. The minimum atomic E-state index is -0.877. The number of aliphatic hydroxyl groups is 1. The molecule has 34 heavy (non-hydrogen) atoms. The number of carboxylic acids is 1. The number of ketones is 1. The van der Waals surface area contributed by atoms with Crippen molar-refractivity contribution in [1.29, 1.82) is 0 Å². The van der Waals surface area contributed by atoms with Crippen LogP contribution in [0.3, 0.4) is 0 Å². The van der Waals surface area contributed by atoms with E-state index in [9.17, 15) is 19.8 Å². The van der Waals surface area contributed by atoms with Gasteiger partial charge in [-0.1, -0.05) is 53.2 Å². The van der Waals surface area contributed by atoms with Gasteiger partial charge in [0.2, 0.25) is 0 Å². The third-order valence-electron chi connectivity index (χ3n) is 13.2. The zero-order chi connectivity index (χ0) is 25.1. The summed E-state index contributed by atoms with van der Waals surface area (Å²) in [5.41, 5.74) is 0.360. The van der Waals surface area contributed by atoms with Crippen LogP contribution in [0.15, 0.2) is 11.6 Å². The van der Waals surface area contributed by atoms with Gasteiger partial charge in [0, 0.05) is 17.3 Å². The van der Waals surface area contributed by atoms with Gasteiger partial charge in [-0.15, -0.1) is 0 Å². The van der Waals surface area contributed by atoms with Crippen molar-refractivity contribution in [2.24, 2.45) is 50.2 Å². The van der Waals surface area contributed by atoms with E-state index in [0.29, 0.717) is 36.9 Å². The van der Waals surface area contributed by atoms with Gasteiger partial charge in [0.05, 0.1) is 11.5 Å². The Morgan fingerprint density at radius 3 is 2.24 bits per heavy atom. The Morgan fingerprint density at radius 1 is 0.912 bits per heavy atom. The highest BCUT2D eigenvalue weighted by molar-refractivity contribution is 5.85. The van der Waals surface area contributed by atoms with Crippen LogP contribution in [0.1, 0.15) is 106 Å². The van der Waals surface area contributed by atoms with Gasteiger partial charge in [-0.3, -0.25) is 9.59 Å². The Hall–Kier alpha value is -1.16. The quantitative estimate of drug-likeness (QED) is 0.434. The molecule has 4 saturated carbocycles. The Morgan fingerprint density at radius 2 is 1.59 bits per heavy atom. The van der Waals surface area contributed by atoms with Crippen molar-refractivity contribution in [3.63, 3.8) is 0 Å². The lowest BCUT2D eigenvalue weighted by molar-refractivity contribution is -0.193. The van der Waals surface area contributed by atoms with Crippen molar-refractivity contribution in [3.05, 3.63) is 11.6 Å². The molecule has 3 unspecified atom stereocenters. The van der Waals surface area contributed by atoms with Crippen molar-refractivity contribution in [1.82, 2.24) is 0 Å². The van der Waals surface area contributed by atoms with E-state index in [1.54, 1.807) is 0 Å². The minimum absolute atomic E-state index is 0.0101. The number of hydrogen-bond acceptors (Lipinski definition) is 3. The summed E-state index contributed by atoms with van der Waals surface area (Å²) < 4.78 is 0. The molecule has 0 radical (unpaired) electrons. The van der Waals surface area contributed by atoms with Crippen LogP contribution in [0, 0.1) is 50.2 Å². The molecule has 0 aromatic rings. The predicted molar refractivity (Wildman–Crippen MR) is 133 cm³/mol. The molecule has 2 N–H and O–H groups in total. The number of rotatable bonds is 1. The number of carbonyl (C=O) groups is 2. The molecule has 5 aliphatic rings. The molecule has 5 aliphatic carbocycles. The number of allylic oxidation sites excluding steroid dienone is 2. The number of carboxylic acid groups (broad SMARTS) is 1. The van der Waals surface area contributed by atoms with E-state index in [1.165, 1.54) is 5.57 Å². The van der Waals surface area contributed by atoms with E-state index in [0.717, 1.165) is 38.5 Å². The van der Waals surface area contributed by atoms with Crippen LogP contribution in [0.25, 0.3) is 0 Å². The first-order chi connectivity index (χ1) is 15.6. The first kappa shape index (κ1) is 24.5. The summed E-state index contributed by atoms with van der Waals surface area (Å²) in [6, 6.07) is 0. The second-order valence-corrected chi connectivity index (χ2v) is 14.8. The molecule has 9 atom stereocenters. The number of carbonyl (C=O) groups excluding carboxylic acids is 1. The molecule has 4 fully saturated rings. The van der Waals surface area contributed by atoms with Crippen molar-refractivity contribution in [3.8, 4) is 0 Å². The van der Waals surface area contributed by atoms with Gasteiger partial charge in [-0.2, -0.15) is 0 Å². The topological polar surface area (TPSA) is 74.6 Å². The summed E-state index contributed by atoms with van der Waals surface area (Å²) in [6.45, 7) is 15.9. The molecule has 4 nitrogen and oxygen atoms in total. The molecule has 0 saturated heterocycles. The van der Waals surface area contributed by atoms with Gasteiger partial charge in [0.25, 0.3) is 0 Å². The smallest absolute Gasteiger partial charge is 0.309 e. The van der Waals surface area contributed by atoms with E-state index in [-0.39, 0.29) is 33.0 Å². The molecule has 0 spiro atoms. The SMILES string of the molecule is CC1(C(=O)O)CC(O)[C@@]2(C)CC[C@@]3(C)C(=CC[C@@H]4[C@]3(C)CCC3C(C)(C)C(=O)CC[C@]34C)[C@@H]2C1. The second-order valence-electron chi connectivity index (χ2n) is 14.8. The van der Waals surface area contributed by atoms with Crippen molar-refractivity contribution in [2.75, 3.05) is 0 Å². The molecule has 0 aromatic carbocycles. The fourth-order valence-corrected chi connectivity index (χ4v) is 10.5. The lowest BCUT2D eigenvalue weighted by atomic mass is 9.33. The van der Waals surface area contributed by atoms with Crippen LogP contribution >= 0.6 is 0 Å². The summed E-state index contributed by atoms with van der Waals surface area (Å²) >= 11 is 0. The van der Waals surface area contributed by atoms with Crippen LogP contribution in [0.2, 0.25) is 0 Å². The van der Waals surface area contributed by atoms with Gasteiger partial charge >= 0.3 is 5.97 Å². The van der Waals surface area contributed by atoms with Crippen LogP contribution in [0.4, 0.5) is 0 Å². The minimum Gasteiger partial charge on any atom is -0.481 e. The Balaban J connectivity index is 1.59. The van der Waals surface area contributed by atoms with E-state index in [2.05, 4.69) is 47.6 Å². The molecule has 0 bridgehead atoms. The molecule has 5 rings (SSSR count). The molecule has 0 aliphatic heterocycles. The van der Waals surface area contributed by atoms with Crippen LogP contribution in [-0.2, 0) is 9.59 Å². The van der Waals surface area contributed by atoms with E-state index >= 15 is 0 Å².